The van der Waals surface area contributed by atoms with Crippen LogP contribution in [0.3, 0.4) is 0 Å². The zero-order valence-electron chi connectivity index (χ0n) is 12.5. The van der Waals surface area contributed by atoms with E-state index in [0.29, 0.717) is 23.9 Å². The Morgan fingerprint density at radius 3 is 2.61 bits per heavy atom. The normalized spacial score (nSPS) is 32.3. The van der Waals surface area contributed by atoms with Crippen LogP contribution >= 0.6 is 0 Å². The van der Waals surface area contributed by atoms with Gasteiger partial charge in [-0.1, -0.05) is 20.8 Å². The second-order valence-electron chi connectivity index (χ2n) is 7.22. The highest BCUT2D eigenvalue weighted by Gasteiger charge is 2.34. The third-order valence-corrected chi connectivity index (χ3v) is 3.74. The van der Waals surface area contributed by atoms with Gasteiger partial charge in [0.2, 0.25) is 0 Å². The summed E-state index contributed by atoms with van der Waals surface area (Å²) in [6.45, 7) is 10.7. The van der Waals surface area contributed by atoms with Crippen LogP contribution in [0.5, 0.6) is 0 Å². The van der Waals surface area contributed by atoms with Gasteiger partial charge in [0.1, 0.15) is 5.54 Å². The number of nitrogens with two attached hydrogens (primary N) is 1. The molecule has 1 fully saturated rings. The summed E-state index contributed by atoms with van der Waals surface area (Å²) >= 11 is 0. The predicted octanol–water partition coefficient (Wildman–Crippen LogP) is 3.24. The first-order valence-corrected chi connectivity index (χ1v) is 6.99. The van der Waals surface area contributed by atoms with Crippen LogP contribution in [0, 0.1) is 22.7 Å². The van der Waals surface area contributed by atoms with Crippen LogP contribution in [-0.4, -0.2) is 17.7 Å². The molecule has 0 saturated heterocycles. The second kappa shape index (κ2) is 5.59. The quantitative estimate of drug-likeness (QED) is 0.835. The number of ether oxygens (including phenoxy) is 1. The van der Waals surface area contributed by atoms with E-state index >= 15 is 0 Å². The van der Waals surface area contributed by atoms with Crippen molar-refractivity contribution in [2.45, 2.75) is 78.0 Å². The molecule has 1 aliphatic carbocycles. The first-order chi connectivity index (χ1) is 8.13. The van der Waals surface area contributed by atoms with Crippen LogP contribution in [0.1, 0.15) is 60.3 Å². The molecule has 0 heterocycles. The molecule has 2 N–H and O–H groups in total. The molecule has 1 saturated carbocycles. The molecule has 0 aromatic heterocycles. The maximum atomic E-state index is 8.94. The minimum Gasteiger partial charge on any atom is -0.375 e. The summed E-state index contributed by atoms with van der Waals surface area (Å²) in [5.41, 5.74) is 5.44. The van der Waals surface area contributed by atoms with Gasteiger partial charge in [-0.2, -0.15) is 5.26 Å². The van der Waals surface area contributed by atoms with Crippen molar-refractivity contribution in [3.05, 3.63) is 0 Å². The number of nitrogens with zero attached hydrogens (tertiary/aromatic N) is 1. The van der Waals surface area contributed by atoms with E-state index in [1.165, 1.54) is 6.42 Å². The summed E-state index contributed by atoms with van der Waals surface area (Å²) in [6, 6.07) is 2.13. The minimum atomic E-state index is -0.783. The fourth-order valence-electron chi connectivity index (χ4n) is 3.38. The van der Waals surface area contributed by atoms with Crippen LogP contribution in [0.2, 0.25) is 0 Å². The van der Waals surface area contributed by atoms with Crippen LogP contribution < -0.4 is 5.73 Å². The van der Waals surface area contributed by atoms with Gasteiger partial charge in [-0.05, 0) is 44.4 Å². The minimum absolute atomic E-state index is 0.0470. The summed E-state index contributed by atoms with van der Waals surface area (Å²) in [7, 11) is 0. The first kappa shape index (κ1) is 15.5. The number of hydrogen-bond acceptors (Lipinski definition) is 3. The van der Waals surface area contributed by atoms with Crippen molar-refractivity contribution in [1.29, 1.82) is 5.26 Å². The van der Waals surface area contributed by atoms with Gasteiger partial charge in [0.25, 0.3) is 0 Å². The van der Waals surface area contributed by atoms with Crippen LogP contribution in [0.4, 0.5) is 0 Å². The Morgan fingerprint density at radius 1 is 1.50 bits per heavy atom. The lowest BCUT2D eigenvalue weighted by atomic mass is 9.71. The largest absolute Gasteiger partial charge is 0.375 e. The average molecular weight is 252 g/mol. The lowest BCUT2D eigenvalue weighted by Gasteiger charge is -2.40. The van der Waals surface area contributed by atoms with Gasteiger partial charge in [0, 0.05) is 6.42 Å². The molecule has 3 nitrogen and oxygen atoms in total. The van der Waals surface area contributed by atoms with Crippen molar-refractivity contribution in [3.63, 3.8) is 0 Å². The van der Waals surface area contributed by atoms with Crippen molar-refractivity contribution in [1.82, 2.24) is 0 Å². The van der Waals surface area contributed by atoms with E-state index in [9.17, 15) is 0 Å². The fraction of sp³-hybridized carbons (Fsp3) is 0.933. The van der Waals surface area contributed by atoms with Crippen molar-refractivity contribution >= 4 is 0 Å². The van der Waals surface area contributed by atoms with Gasteiger partial charge in [-0.3, -0.25) is 0 Å². The van der Waals surface area contributed by atoms with Crippen molar-refractivity contribution in [3.8, 4) is 6.07 Å². The molecule has 1 aliphatic rings. The summed E-state index contributed by atoms with van der Waals surface area (Å²) < 4.78 is 6.10. The average Bonchev–Trinajstić information content (AvgIpc) is 2.12. The van der Waals surface area contributed by atoms with E-state index in [2.05, 4.69) is 26.8 Å². The second-order valence-corrected chi connectivity index (χ2v) is 7.22. The SMILES string of the molecule is CC1CC(OC(C)CC(C)(N)C#N)CC(C)(C)C1. The summed E-state index contributed by atoms with van der Waals surface area (Å²) in [6.07, 6.45) is 4.46. The number of rotatable bonds is 4. The Morgan fingerprint density at radius 2 is 2.11 bits per heavy atom. The summed E-state index contributed by atoms with van der Waals surface area (Å²) in [5, 5.41) is 8.94. The third-order valence-electron chi connectivity index (χ3n) is 3.74. The molecule has 0 bridgehead atoms. The van der Waals surface area contributed by atoms with E-state index in [1.807, 2.05) is 6.92 Å². The maximum absolute atomic E-state index is 8.94. The topological polar surface area (TPSA) is 59.0 Å². The highest BCUT2D eigenvalue weighted by Crippen LogP contribution is 2.40. The van der Waals surface area contributed by atoms with Crippen molar-refractivity contribution < 1.29 is 4.74 Å². The zero-order chi connectivity index (χ0) is 14.0. The molecule has 0 spiro atoms. The third kappa shape index (κ3) is 4.96. The molecular formula is C15H28N2O. The molecule has 18 heavy (non-hydrogen) atoms. The van der Waals surface area contributed by atoms with Crippen molar-refractivity contribution in [2.75, 3.05) is 0 Å². The lowest BCUT2D eigenvalue weighted by molar-refractivity contribution is -0.0643. The molecule has 0 radical (unpaired) electrons. The standard InChI is InChI=1S/C15H28N2O/c1-11-6-13(9-14(3,4)7-11)18-12(2)8-15(5,17)10-16/h11-13H,6-9,17H2,1-5H3. The number of nitriles is 1. The Balaban J connectivity index is 2.50. The Labute approximate surface area is 112 Å². The van der Waals surface area contributed by atoms with Gasteiger partial charge < -0.3 is 10.5 Å². The zero-order valence-corrected chi connectivity index (χ0v) is 12.5. The van der Waals surface area contributed by atoms with Crippen molar-refractivity contribution in [2.24, 2.45) is 17.1 Å². The van der Waals surface area contributed by atoms with Gasteiger partial charge in [0.05, 0.1) is 18.3 Å². The van der Waals surface area contributed by atoms with E-state index in [4.69, 9.17) is 15.7 Å². The Kier molecular flexibility index (Phi) is 4.80. The van der Waals surface area contributed by atoms with Gasteiger partial charge in [-0.25, -0.2) is 0 Å². The van der Waals surface area contributed by atoms with E-state index < -0.39 is 5.54 Å². The van der Waals surface area contributed by atoms with E-state index in [-0.39, 0.29) is 6.10 Å². The first-order valence-electron chi connectivity index (χ1n) is 6.99. The molecule has 4 unspecified atom stereocenters. The fourth-order valence-corrected chi connectivity index (χ4v) is 3.38. The highest BCUT2D eigenvalue weighted by atomic mass is 16.5. The molecule has 0 aromatic rings. The molecule has 0 amide bonds. The monoisotopic (exact) mass is 252 g/mol. The maximum Gasteiger partial charge on any atom is 0.103 e. The van der Waals surface area contributed by atoms with Gasteiger partial charge in [0.15, 0.2) is 0 Å². The van der Waals surface area contributed by atoms with Crippen LogP contribution in [0.15, 0.2) is 0 Å². The van der Waals surface area contributed by atoms with Crippen LogP contribution in [-0.2, 0) is 4.74 Å². The number of hydrogen-bond donors (Lipinski definition) is 1. The molecular weight excluding hydrogens is 224 g/mol. The molecule has 0 aliphatic heterocycles. The van der Waals surface area contributed by atoms with E-state index in [1.54, 1.807) is 6.92 Å². The molecule has 3 heteroatoms. The van der Waals surface area contributed by atoms with E-state index in [0.717, 1.165) is 12.8 Å². The smallest absolute Gasteiger partial charge is 0.103 e. The lowest BCUT2D eigenvalue weighted by Crippen LogP contribution is -2.40. The summed E-state index contributed by atoms with van der Waals surface area (Å²) in [4.78, 5) is 0. The highest BCUT2D eigenvalue weighted by molar-refractivity contribution is 5.02. The molecule has 104 valence electrons. The van der Waals surface area contributed by atoms with Gasteiger partial charge in [-0.15, -0.1) is 0 Å². The summed E-state index contributed by atoms with van der Waals surface area (Å²) in [5.74, 6) is 0.714. The Bertz CT molecular complexity index is 317. The van der Waals surface area contributed by atoms with Crippen LogP contribution in [0.25, 0.3) is 0 Å². The molecule has 0 aromatic carbocycles. The Hall–Kier alpha value is -0.590. The molecule has 4 atom stereocenters. The predicted molar refractivity (Wildman–Crippen MR) is 74.0 cm³/mol. The molecule has 1 rings (SSSR count). The van der Waals surface area contributed by atoms with Gasteiger partial charge >= 0.3 is 0 Å².